The van der Waals surface area contributed by atoms with E-state index in [0.717, 1.165) is 12.8 Å². The molecule has 1 fully saturated rings. The minimum Gasteiger partial charge on any atom is -0.378 e. The van der Waals surface area contributed by atoms with E-state index in [1.807, 2.05) is 6.92 Å². The first-order chi connectivity index (χ1) is 9.02. The second-order valence-corrected chi connectivity index (χ2v) is 5.74. The smallest absolute Gasteiger partial charge is 0.147 e. The average molecular weight is 286 g/mol. The summed E-state index contributed by atoms with van der Waals surface area (Å²) in [5.41, 5.74) is 0.436. The minimum atomic E-state index is -0.300. The monoisotopic (exact) mass is 285 g/mol. The minimum absolute atomic E-state index is 0.0294. The maximum absolute atomic E-state index is 13.8. The van der Waals surface area contributed by atoms with Gasteiger partial charge in [0.1, 0.15) is 5.82 Å². The van der Waals surface area contributed by atoms with Crippen LogP contribution in [0.2, 0.25) is 5.02 Å². The van der Waals surface area contributed by atoms with Crippen molar-refractivity contribution >= 4 is 17.3 Å². The van der Waals surface area contributed by atoms with Crippen LogP contribution in [0.4, 0.5) is 10.1 Å². The summed E-state index contributed by atoms with van der Waals surface area (Å²) in [4.78, 5) is 0. The third-order valence-corrected chi connectivity index (χ3v) is 4.71. The Morgan fingerprint density at radius 1 is 1.47 bits per heavy atom. The van der Waals surface area contributed by atoms with Crippen molar-refractivity contribution in [3.63, 3.8) is 0 Å². The number of para-hydroxylation sites is 1. The van der Waals surface area contributed by atoms with Crippen molar-refractivity contribution in [2.24, 2.45) is 5.41 Å². The summed E-state index contributed by atoms with van der Waals surface area (Å²) in [6.45, 7) is 7.05. The first-order valence-electron chi connectivity index (χ1n) is 6.85. The molecule has 2 rings (SSSR count). The molecule has 0 amide bonds. The number of benzene rings is 1. The lowest BCUT2D eigenvalue weighted by atomic mass is 9.61. The average Bonchev–Trinajstić information content (AvgIpc) is 2.39. The van der Waals surface area contributed by atoms with E-state index >= 15 is 0 Å². The van der Waals surface area contributed by atoms with E-state index in [9.17, 15) is 4.39 Å². The zero-order valence-electron chi connectivity index (χ0n) is 11.7. The lowest BCUT2D eigenvalue weighted by Gasteiger charge is -2.54. The Labute approximate surface area is 119 Å². The van der Waals surface area contributed by atoms with Crippen molar-refractivity contribution in [1.29, 1.82) is 0 Å². The quantitative estimate of drug-likeness (QED) is 0.861. The third kappa shape index (κ3) is 2.59. The number of rotatable bonds is 5. The number of ether oxygens (including phenoxy) is 1. The predicted octanol–water partition coefficient (Wildman–Crippen LogP) is 4.48. The number of hydrogen-bond acceptors (Lipinski definition) is 2. The van der Waals surface area contributed by atoms with Crippen LogP contribution in [0, 0.1) is 11.2 Å². The molecule has 3 atom stereocenters. The van der Waals surface area contributed by atoms with E-state index in [-0.39, 0.29) is 23.4 Å². The Hall–Kier alpha value is -0.800. The molecule has 106 valence electrons. The summed E-state index contributed by atoms with van der Waals surface area (Å²) in [7, 11) is 0. The summed E-state index contributed by atoms with van der Waals surface area (Å²) < 4.78 is 19.5. The molecule has 0 radical (unpaired) electrons. The van der Waals surface area contributed by atoms with Crippen molar-refractivity contribution in [1.82, 2.24) is 0 Å². The second-order valence-electron chi connectivity index (χ2n) is 5.33. The molecule has 1 saturated carbocycles. The molecule has 0 saturated heterocycles. The number of nitrogens with one attached hydrogen (secondary N) is 1. The normalized spacial score (nSPS) is 29.9. The summed E-state index contributed by atoms with van der Waals surface area (Å²) in [6.07, 6.45) is 2.12. The van der Waals surface area contributed by atoms with Gasteiger partial charge in [0.2, 0.25) is 0 Å². The Morgan fingerprint density at radius 3 is 2.79 bits per heavy atom. The van der Waals surface area contributed by atoms with Crippen LogP contribution in [0.25, 0.3) is 0 Å². The van der Waals surface area contributed by atoms with Crippen molar-refractivity contribution in [2.45, 2.75) is 45.8 Å². The van der Waals surface area contributed by atoms with Gasteiger partial charge in [-0.25, -0.2) is 4.39 Å². The fourth-order valence-electron chi connectivity index (χ4n) is 2.78. The topological polar surface area (TPSA) is 21.3 Å². The highest BCUT2D eigenvalue weighted by atomic mass is 35.5. The summed E-state index contributed by atoms with van der Waals surface area (Å²) in [6, 6.07) is 4.94. The first-order valence-corrected chi connectivity index (χ1v) is 7.22. The Balaban J connectivity index is 2.12. The zero-order valence-corrected chi connectivity index (χ0v) is 12.4. The van der Waals surface area contributed by atoms with Gasteiger partial charge in [0.25, 0.3) is 0 Å². The lowest BCUT2D eigenvalue weighted by molar-refractivity contribution is -0.109. The largest absolute Gasteiger partial charge is 0.378 e. The standard InChI is InChI=1S/C15H21ClFNO/c1-4-15(3)12(9-13(15)19-5-2)18-14-10(16)7-6-8-11(14)17/h6-8,12-13,18H,4-5,9H2,1-3H3. The molecule has 1 aromatic rings. The van der Waals surface area contributed by atoms with Gasteiger partial charge >= 0.3 is 0 Å². The first kappa shape index (κ1) is 14.6. The van der Waals surface area contributed by atoms with Gasteiger partial charge in [-0.15, -0.1) is 0 Å². The summed E-state index contributed by atoms with van der Waals surface area (Å²) in [5, 5.41) is 3.69. The third-order valence-electron chi connectivity index (χ3n) is 4.39. The van der Waals surface area contributed by atoms with E-state index < -0.39 is 0 Å². The molecule has 0 aromatic heterocycles. The molecular formula is C15H21ClFNO. The molecule has 1 N–H and O–H groups in total. The van der Waals surface area contributed by atoms with Crippen LogP contribution in [-0.4, -0.2) is 18.8 Å². The Bertz CT molecular complexity index is 434. The molecule has 4 heteroatoms. The summed E-state index contributed by atoms with van der Waals surface area (Å²) >= 11 is 6.05. The molecule has 0 bridgehead atoms. The molecule has 2 nitrogen and oxygen atoms in total. The van der Waals surface area contributed by atoms with Crippen LogP contribution in [0.15, 0.2) is 18.2 Å². The molecule has 1 aromatic carbocycles. The van der Waals surface area contributed by atoms with E-state index in [4.69, 9.17) is 16.3 Å². The van der Waals surface area contributed by atoms with Gasteiger partial charge in [0, 0.05) is 18.1 Å². The van der Waals surface area contributed by atoms with Crippen LogP contribution in [0.1, 0.15) is 33.6 Å². The number of hydrogen-bond donors (Lipinski definition) is 1. The van der Waals surface area contributed by atoms with Crippen molar-refractivity contribution in [2.75, 3.05) is 11.9 Å². The predicted molar refractivity (Wildman–Crippen MR) is 77.2 cm³/mol. The number of anilines is 1. The maximum Gasteiger partial charge on any atom is 0.147 e. The van der Waals surface area contributed by atoms with Crippen molar-refractivity contribution in [3.05, 3.63) is 29.0 Å². The van der Waals surface area contributed by atoms with E-state index in [2.05, 4.69) is 19.2 Å². The molecule has 1 aliphatic rings. The molecule has 19 heavy (non-hydrogen) atoms. The highest BCUT2D eigenvalue weighted by Gasteiger charge is 2.51. The van der Waals surface area contributed by atoms with E-state index in [0.29, 0.717) is 17.3 Å². The van der Waals surface area contributed by atoms with E-state index in [1.54, 1.807) is 12.1 Å². The van der Waals surface area contributed by atoms with E-state index in [1.165, 1.54) is 6.07 Å². The fraction of sp³-hybridized carbons (Fsp3) is 0.600. The number of halogens is 2. The molecule has 0 aliphatic heterocycles. The molecule has 0 spiro atoms. The zero-order chi connectivity index (χ0) is 14.0. The van der Waals surface area contributed by atoms with Crippen LogP contribution in [0.3, 0.4) is 0 Å². The Kier molecular flexibility index (Phi) is 4.36. The molecular weight excluding hydrogens is 265 g/mol. The van der Waals surface area contributed by atoms with Gasteiger partial charge < -0.3 is 10.1 Å². The van der Waals surface area contributed by atoms with Gasteiger partial charge in [-0.1, -0.05) is 31.5 Å². The van der Waals surface area contributed by atoms with Gasteiger partial charge in [-0.05, 0) is 31.9 Å². The van der Waals surface area contributed by atoms with Crippen LogP contribution < -0.4 is 5.32 Å². The second kappa shape index (κ2) is 5.68. The molecule has 1 aliphatic carbocycles. The lowest BCUT2D eigenvalue weighted by Crippen LogP contribution is -2.59. The highest BCUT2D eigenvalue weighted by Crippen LogP contribution is 2.48. The molecule has 0 heterocycles. The van der Waals surface area contributed by atoms with Crippen LogP contribution in [-0.2, 0) is 4.74 Å². The van der Waals surface area contributed by atoms with Gasteiger partial charge in [0.05, 0.1) is 16.8 Å². The highest BCUT2D eigenvalue weighted by molar-refractivity contribution is 6.33. The molecule has 3 unspecified atom stereocenters. The Morgan fingerprint density at radius 2 is 2.21 bits per heavy atom. The maximum atomic E-state index is 13.8. The van der Waals surface area contributed by atoms with Gasteiger partial charge in [-0.2, -0.15) is 0 Å². The van der Waals surface area contributed by atoms with Crippen molar-refractivity contribution < 1.29 is 9.13 Å². The van der Waals surface area contributed by atoms with Crippen LogP contribution in [0.5, 0.6) is 0 Å². The van der Waals surface area contributed by atoms with Crippen LogP contribution >= 0.6 is 11.6 Å². The summed E-state index contributed by atoms with van der Waals surface area (Å²) in [5.74, 6) is -0.300. The fourth-order valence-corrected chi connectivity index (χ4v) is 3.00. The van der Waals surface area contributed by atoms with Gasteiger partial charge in [-0.3, -0.25) is 0 Å². The van der Waals surface area contributed by atoms with Crippen molar-refractivity contribution in [3.8, 4) is 0 Å². The SMILES string of the molecule is CCOC1CC(Nc2c(F)cccc2Cl)C1(C)CC. The van der Waals surface area contributed by atoms with Gasteiger partial charge in [0.15, 0.2) is 0 Å².